The number of fused-ring (bicyclic) bond motifs is 1. The zero-order valence-corrected chi connectivity index (χ0v) is 18.4. The number of hydrogen-bond donors (Lipinski definition) is 0. The number of methoxy groups -OCH3 is 1. The number of anilines is 1. The summed E-state index contributed by atoms with van der Waals surface area (Å²) < 4.78 is 38.4. The zero-order valence-electron chi connectivity index (χ0n) is 16.8. The Hall–Kier alpha value is -2.29. The molecule has 2 aliphatic rings. The standard InChI is InChI=1S/C21H23ClN2O5S/c1-14-3-6-20(19(11-14)28-2)30(26,27)23-9-7-17(8-10-23)24-18-5-4-16(22)12-15(18)13-29-21(24)25/h3-6,11-12,17H,7-10,13H2,1-2H3. The number of hydrogen-bond acceptors (Lipinski definition) is 5. The van der Waals surface area contributed by atoms with Crippen molar-refractivity contribution in [2.45, 2.75) is 37.3 Å². The molecule has 30 heavy (non-hydrogen) atoms. The van der Waals surface area contributed by atoms with Gasteiger partial charge in [-0.15, -0.1) is 0 Å². The Kier molecular flexibility index (Phi) is 5.65. The number of halogens is 1. The molecule has 160 valence electrons. The molecule has 0 aliphatic carbocycles. The molecule has 2 heterocycles. The fraction of sp³-hybridized carbons (Fsp3) is 0.381. The predicted molar refractivity (Wildman–Crippen MR) is 114 cm³/mol. The van der Waals surface area contributed by atoms with Crippen molar-refractivity contribution in [2.24, 2.45) is 0 Å². The van der Waals surface area contributed by atoms with Crippen molar-refractivity contribution >= 4 is 33.4 Å². The van der Waals surface area contributed by atoms with Crippen molar-refractivity contribution < 1.29 is 22.7 Å². The molecule has 1 amide bonds. The van der Waals surface area contributed by atoms with Crippen LogP contribution in [0.3, 0.4) is 0 Å². The normalized spacial score (nSPS) is 18.1. The van der Waals surface area contributed by atoms with Crippen molar-refractivity contribution in [3.8, 4) is 5.75 Å². The second kappa shape index (κ2) is 8.09. The summed E-state index contributed by atoms with van der Waals surface area (Å²) in [6.45, 7) is 2.67. The number of carbonyl (C=O) groups excluding carboxylic acids is 1. The van der Waals surface area contributed by atoms with Gasteiger partial charge >= 0.3 is 6.09 Å². The molecular formula is C21H23ClN2O5S. The van der Waals surface area contributed by atoms with E-state index < -0.39 is 16.1 Å². The van der Waals surface area contributed by atoms with Gasteiger partial charge in [-0.1, -0.05) is 17.7 Å². The maximum Gasteiger partial charge on any atom is 0.414 e. The number of benzene rings is 2. The highest BCUT2D eigenvalue weighted by Gasteiger charge is 2.37. The van der Waals surface area contributed by atoms with Crippen LogP contribution >= 0.6 is 11.6 Å². The molecule has 0 bridgehead atoms. The Morgan fingerprint density at radius 2 is 1.87 bits per heavy atom. The minimum Gasteiger partial charge on any atom is -0.495 e. The monoisotopic (exact) mass is 450 g/mol. The highest BCUT2D eigenvalue weighted by molar-refractivity contribution is 7.89. The van der Waals surface area contributed by atoms with Crippen molar-refractivity contribution in [1.82, 2.24) is 4.31 Å². The first-order valence-electron chi connectivity index (χ1n) is 9.70. The van der Waals surface area contributed by atoms with E-state index in [2.05, 4.69) is 0 Å². The van der Waals surface area contributed by atoms with Gasteiger partial charge in [-0.25, -0.2) is 13.2 Å². The van der Waals surface area contributed by atoms with E-state index in [0.717, 1.165) is 16.8 Å². The van der Waals surface area contributed by atoms with Crippen molar-refractivity contribution in [3.63, 3.8) is 0 Å². The van der Waals surface area contributed by atoms with Gasteiger partial charge in [0, 0.05) is 29.7 Å². The molecule has 0 aromatic heterocycles. The summed E-state index contributed by atoms with van der Waals surface area (Å²) in [6, 6.07) is 10.3. The first-order chi connectivity index (χ1) is 14.3. The largest absolute Gasteiger partial charge is 0.495 e. The lowest BCUT2D eigenvalue weighted by molar-refractivity contribution is 0.136. The number of rotatable bonds is 4. The second-order valence-electron chi connectivity index (χ2n) is 7.49. The first-order valence-corrected chi connectivity index (χ1v) is 11.5. The molecule has 2 aliphatic heterocycles. The Morgan fingerprint density at radius 3 is 2.57 bits per heavy atom. The number of carbonyl (C=O) groups is 1. The summed E-state index contributed by atoms with van der Waals surface area (Å²) in [5.74, 6) is 0.336. The third-order valence-corrected chi connectivity index (χ3v) is 7.75. The van der Waals surface area contributed by atoms with Gasteiger partial charge in [0.25, 0.3) is 0 Å². The van der Waals surface area contributed by atoms with Crippen LogP contribution in [0.2, 0.25) is 5.02 Å². The fourth-order valence-electron chi connectivity index (χ4n) is 4.03. The molecule has 2 aromatic carbocycles. The number of piperidine rings is 1. The molecule has 0 unspecified atom stereocenters. The van der Waals surface area contributed by atoms with Crippen LogP contribution in [0.25, 0.3) is 0 Å². The summed E-state index contributed by atoms with van der Waals surface area (Å²) in [6.07, 6.45) is 0.598. The third-order valence-electron chi connectivity index (χ3n) is 5.57. The molecule has 7 nitrogen and oxygen atoms in total. The molecule has 0 saturated carbocycles. The maximum absolute atomic E-state index is 13.2. The van der Waals surface area contributed by atoms with Gasteiger partial charge in [-0.2, -0.15) is 4.31 Å². The van der Waals surface area contributed by atoms with Crippen LogP contribution in [-0.4, -0.2) is 45.1 Å². The minimum atomic E-state index is -3.70. The Bertz CT molecular complexity index is 1080. The van der Waals surface area contributed by atoms with E-state index in [1.807, 2.05) is 13.0 Å². The quantitative estimate of drug-likeness (QED) is 0.704. The number of cyclic esters (lactones) is 1. The Morgan fingerprint density at radius 1 is 1.13 bits per heavy atom. The minimum absolute atomic E-state index is 0.149. The van der Waals surface area contributed by atoms with Crippen LogP contribution in [0.5, 0.6) is 5.75 Å². The average Bonchev–Trinajstić information content (AvgIpc) is 2.73. The first kappa shape index (κ1) is 21.0. The number of nitrogens with zero attached hydrogens (tertiary/aromatic N) is 2. The van der Waals surface area contributed by atoms with Crippen molar-refractivity contribution in [1.29, 1.82) is 0 Å². The topological polar surface area (TPSA) is 76.2 Å². The molecule has 1 fully saturated rings. The zero-order chi connectivity index (χ0) is 21.5. The number of amides is 1. The van der Waals surface area contributed by atoms with Gasteiger partial charge in [-0.3, -0.25) is 4.90 Å². The summed E-state index contributed by atoms with van der Waals surface area (Å²) in [5, 5.41) is 0.583. The fourth-order valence-corrected chi connectivity index (χ4v) is 5.83. The van der Waals surface area contributed by atoms with Gasteiger partial charge in [0.05, 0.1) is 12.8 Å². The van der Waals surface area contributed by atoms with Crippen LogP contribution in [0, 0.1) is 6.92 Å². The van der Waals surface area contributed by atoms with E-state index in [-0.39, 0.29) is 17.5 Å². The number of sulfonamides is 1. The molecule has 9 heteroatoms. The van der Waals surface area contributed by atoms with Crippen LogP contribution < -0.4 is 9.64 Å². The van der Waals surface area contributed by atoms with E-state index in [9.17, 15) is 13.2 Å². The van der Waals surface area contributed by atoms with Crippen LogP contribution in [-0.2, 0) is 21.4 Å². The summed E-state index contributed by atoms with van der Waals surface area (Å²) in [5.41, 5.74) is 2.55. The Labute approximate surface area is 181 Å². The van der Waals surface area contributed by atoms with Crippen LogP contribution in [0.1, 0.15) is 24.0 Å². The SMILES string of the molecule is COc1cc(C)ccc1S(=O)(=O)N1CCC(N2C(=O)OCc3cc(Cl)ccc32)CC1. The molecule has 0 radical (unpaired) electrons. The van der Waals surface area contributed by atoms with Gasteiger partial charge in [0.15, 0.2) is 0 Å². The van der Waals surface area contributed by atoms with E-state index in [0.29, 0.717) is 36.7 Å². The predicted octanol–water partition coefficient (Wildman–Crippen LogP) is 3.97. The van der Waals surface area contributed by atoms with Crippen LogP contribution in [0.4, 0.5) is 10.5 Å². The molecule has 2 aromatic rings. The molecule has 1 saturated heterocycles. The van der Waals surface area contributed by atoms with Gasteiger partial charge in [0.1, 0.15) is 17.3 Å². The van der Waals surface area contributed by atoms with E-state index in [4.69, 9.17) is 21.1 Å². The average molecular weight is 451 g/mol. The maximum atomic E-state index is 13.2. The highest BCUT2D eigenvalue weighted by Crippen LogP contribution is 2.35. The number of ether oxygens (including phenoxy) is 2. The summed E-state index contributed by atoms with van der Waals surface area (Å²) in [4.78, 5) is 14.3. The molecular weight excluding hydrogens is 428 g/mol. The summed E-state index contributed by atoms with van der Waals surface area (Å²) >= 11 is 6.07. The van der Waals surface area contributed by atoms with Crippen molar-refractivity contribution in [2.75, 3.05) is 25.1 Å². The second-order valence-corrected chi connectivity index (χ2v) is 9.83. The van der Waals surface area contributed by atoms with E-state index in [1.165, 1.54) is 11.4 Å². The molecule has 0 atom stereocenters. The third kappa shape index (κ3) is 3.75. The molecule has 4 rings (SSSR count). The lowest BCUT2D eigenvalue weighted by Crippen LogP contribution is -2.50. The molecule has 0 N–H and O–H groups in total. The van der Waals surface area contributed by atoms with Crippen LogP contribution in [0.15, 0.2) is 41.3 Å². The van der Waals surface area contributed by atoms with E-state index >= 15 is 0 Å². The molecule has 0 spiro atoms. The van der Waals surface area contributed by atoms with E-state index in [1.54, 1.807) is 35.2 Å². The van der Waals surface area contributed by atoms with Gasteiger partial charge in [-0.05, 0) is 55.7 Å². The van der Waals surface area contributed by atoms with Gasteiger partial charge in [0.2, 0.25) is 10.0 Å². The lowest BCUT2D eigenvalue weighted by atomic mass is 10.0. The lowest BCUT2D eigenvalue weighted by Gasteiger charge is -2.39. The van der Waals surface area contributed by atoms with Gasteiger partial charge < -0.3 is 9.47 Å². The smallest absolute Gasteiger partial charge is 0.414 e. The Balaban J connectivity index is 1.54. The highest BCUT2D eigenvalue weighted by atomic mass is 35.5. The summed E-state index contributed by atoms with van der Waals surface area (Å²) in [7, 11) is -2.24. The van der Waals surface area contributed by atoms with Crippen molar-refractivity contribution in [3.05, 3.63) is 52.5 Å². The number of aryl methyl sites for hydroxylation is 1.